The fraction of sp³-hybridized carbons (Fsp3) is 0. The number of hydrogen-bond acceptors (Lipinski definition) is 5. The van der Waals surface area contributed by atoms with Gasteiger partial charge in [0.15, 0.2) is 17.5 Å². The lowest BCUT2D eigenvalue weighted by atomic mass is 10.0. The van der Waals surface area contributed by atoms with Crippen molar-refractivity contribution in [2.75, 3.05) is 0 Å². The van der Waals surface area contributed by atoms with Crippen molar-refractivity contribution in [2.24, 2.45) is 0 Å². The van der Waals surface area contributed by atoms with E-state index < -0.39 is 0 Å². The molecular formula is C51H30N4OS. The van der Waals surface area contributed by atoms with Crippen molar-refractivity contribution in [3.63, 3.8) is 0 Å². The molecule has 12 aromatic rings. The fourth-order valence-electron chi connectivity index (χ4n) is 8.44. The van der Waals surface area contributed by atoms with E-state index in [1.165, 1.54) is 37.3 Å². The molecule has 6 heteroatoms. The van der Waals surface area contributed by atoms with E-state index in [1.807, 2.05) is 60.7 Å². The minimum atomic E-state index is 0.656. The first kappa shape index (κ1) is 31.9. The first-order valence-corrected chi connectivity index (χ1v) is 19.8. The van der Waals surface area contributed by atoms with Gasteiger partial charge in [-0.3, -0.25) is 0 Å². The molecule has 0 N–H and O–H groups in total. The Balaban J connectivity index is 0.981. The SMILES string of the molecule is c1ccc(-c2nc(-c3ccccc3)nc(-c3cccc4c3sc3cc(-c5ccc6c(c5)oc5cccc(-n7c8ccccc8c8ccccc87)c56)ccc34)n2)cc1. The predicted molar refractivity (Wildman–Crippen MR) is 236 cm³/mol. The normalized spacial score (nSPS) is 11.9. The molecule has 4 aromatic heterocycles. The van der Waals surface area contributed by atoms with Crippen LogP contribution in [0.25, 0.3) is 115 Å². The molecular weight excluding hydrogens is 717 g/mol. The lowest BCUT2D eigenvalue weighted by molar-refractivity contribution is 0.669. The molecule has 0 fully saturated rings. The average Bonchev–Trinajstić information content (AvgIpc) is 3.96. The van der Waals surface area contributed by atoms with Gasteiger partial charge >= 0.3 is 0 Å². The summed E-state index contributed by atoms with van der Waals surface area (Å²) in [6.45, 7) is 0. The van der Waals surface area contributed by atoms with Gasteiger partial charge in [-0.25, -0.2) is 15.0 Å². The van der Waals surface area contributed by atoms with Gasteiger partial charge in [-0.15, -0.1) is 11.3 Å². The van der Waals surface area contributed by atoms with Crippen molar-refractivity contribution in [1.82, 2.24) is 19.5 Å². The summed E-state index contributed by atoms with van der Waals surface area (Å²) in [5.41, 5.74) is 10.4. The molecule has 266 valence electrons. The molecule has 4 heterocycles. The third-order valence-electron chi connectivity index (χ3n) is 11.1. The van der Waals surface area contributed by atoms with Crippen LogP contribution in [-0.4, -0.2) is 19.5 Å². The zero-order valence-corrected chi connectivity index (χ0v) is 31.2. The van der Waals surface area contributed by atoms with Crippen LogP contribution in [0.4, 0.5) is 0 Å². The van der Waals surface area contributed by atoms with Gasteiger partial charge in [0.25, 0.3) is 0 Å². The van der Waals surface area contributed by atoms with Gasteiger partial charge in [0, 0.05) is 53.0 Å². The minimum absolute atomic E-state index is 0.656. The van der Waals surface area contributed by atoms with Gasteiger partial charge in [-0.1, -0.05) is 133 Å². The van der Waals surface area contributed by atoms with Crippen LogP contribution in [0, 0.1) is 0 Å². The zero-order valence-electron chi connectivity index (χ0n) is 30.4. The van der Waals surface area contributed by atoms with Crippen LogP contribution >= 0.6 is 11.3 Å². The van der Waals surface area contributed by atoms with E-state index in [-0.39, 0.29) is 0 Å². The number of thiophene rings is 1. The maximum absolute atomic E-state index is 6.63. The predicted octanol–water partition coefficient (Wildman–Crippen LogP) is 13.9. The summed E-state index contributed by atoms with van der Waals surface area (Å²) in [5.74, 6) is 1.97. The van der Waals surface area contributed by atoms with Gasteiger partial charge in [-0.05, 0) is 59.7 Å². The third-order valence-corrected chi connectivity index (χ3v) is 12.3. The Bertz CT molecular complexity index is 3420. The number of nitrogens with zero attached hydrogens (tertiary/aromatic N) is 4. The average molecular weight is 747 g/mol. The Morgan fingerprint density at radius 1 is 0.404 bits per heavy atom. The highest BCUT2D eigenvalue weighted by atomic mass is 32.1. The van der Waals surface area contributed by atoms with Crippen molar-refractivity contribution >= 4 is 75.3 Å². The third kappa shape index (κ3) is 5.04. The van der Waals surface area contributed by atoms with Crippen LogP contribution in [0.5, 0.6) is 0 Å². The van der Waals surface area contributed by atoms with E-state index in [1.54, 1.807) is 11.3 Å². The molecule has 12 rings (SSSR count). The summed E-state index contributed by atoms with van der Waals surface area (Å²) < 4.78 is 11.4. The number of aromatic nitrogens is 4. The monoisotopic (exact) mass is 746 g/mol. The Morgan fingerprint density at radius 3 is 1.68 bits per heavy atom. The van der Waals surface area contributed by atoms with E-state index in [0.717, 1.165) is 60.1 Å². The summed E-state index contributed by atoms with van der Waals surface area (Å²) >= 11 is 1.78. The van der Waals surface area contributed by atoms with Crippen molar-refractivity contribution in [3.05, 3.63) is 182 Å². The van der Waals surface area contributed by atoms with Crippen molar-refractivity contribution in [3.8, 4) is 51.0 Å². The Labute approximate surface area is 330 Å². The standard InChI is InChI=1S/C51H30N4OS/c1-3-13-31(14-4-1)49-52-50(32-15-5-2-6-16-32)54-51(53-49)40-20-11-19-38-37-27-25-34(30-46(37)57-48(38)40)33-26-28-39-45(29-33)56-44-24-12-23-43(47(39)44)55-41-21-9-7-17-35(41)36-18-8-10-22-42(36)55/h1-30H. The van der Waals surface area contributed by atoms with Crippen molar-refractivity contribution in [1.29, 1.82) is 0 Å². The van der Waals surface area contributed by atoms with Crippen LogP contribution in [0.3, 0.4) is 0 Å². The molecule has 0 radical (unpaired) electrons. The number of para-hydroxylation sites is 2. The summed E-state index contributed by atoms with van der Waals surface area (Å²) in [4.78, 5) is 15.0. The molecule has 5 nitrogen and oxygen atoms in total. The highest BCUT2D eigenvalue weighted by Gasteiger charge is 2.20. The van der Waals surface area contributed by atoms with Crippen molar-refractivity contribution in [2.45, 2.75) is 0 Å². The number of rotatable bonds is 5. The molecule has 0 saturated carbocycles. The summed E-state index contributed by atoms with van der Waals surface area (Å²) in [6.07, 6.45) is 0. The smallest absolute Gasteiger partial charge is 0.165 e. The van der Waals surface area contributed by atoms with E-state index in [4.69, 9.17) is 19.4 Å². The van der Waals surface area contributed by atoms with Gasteiger partial charge in [0.2, 0.25) is 0 Å². The van der Waals surface area contributed by atoms with E-state index in [0.29, 0.717) is 17.5 Å². The van der Waals surface area contributed by atoms with Crippen LogP contribution < -0.4 is 0 Å². The minimum Gasteiger partial charge on any atom is -0.456 e. The number of benzene rings is 8. The molecule has 0 amide bonds. The molecule has 0 unspecified atom stereocenters. The van der Waals surface area contributed by atoms with Gasteiger partial charge in [0.1, 0.15) is 11.2 Å². The van der Waals surface area contributed by atoms with Gasteiger partial charge in [-0.2, -0.15) is 0 Å². The molecule has 0 aliphatic carbocycles. The maximum Gasteiger partial charge on any atom is 0.165 e. The molecule has 0 saturated heterocycles. The summed E-state index contributed by atoms with van der Waals surface area (Å²) in [6, 6.07) is 63.7. The van der Waals surface area contributed by atoms with Crippen LogP contribution in [0.1, 0.15) is 0 Å². The summed E-state index contributed by atoms with van der Waals surface area (Å²) in [7, 11) is 0. The van der Waals surface area contributed by atoms with Crippen molar-refractivity contribution < 1.29 is 4.42 Å². The molecule has 0 bridgehead atoms. The second kappa shape index (κ2) is 12.6. The first-order chi connectivity index (χ1) is 28.2. The topological polar surface area (TPSA) is 56.7 Å². The van der Waals surface area contributed by atoms with Gasteiger partial charge < -0.3 is 8.98 Å². The lowest BCUT2D eigenvalue weighted by Gasteiger charge is -2.09. The quantitative estimate of drug-likeness (QED) is 0.176. The number of furan rings is 1. The molecule has 8 aromatic carbocycles. The molecule has 0 spiro atoms. The molecule has 57 heavy (non-hydrogen) atoms. The Kier molecular flexibility index (Phi) is 7.03. The zero-order chi connectivity index (χ0) is 37.5. The summed E-state index contributed by atoms with van der Waals surface area (Å²) in [5, 5.41) is 7.09. The number of fused-ring (bicyclic) bond motifs is 9. The van der Waals surface area contributed by atoms with Gasteiger partial charge in [0.05, 0.1) is 22.1 Å². The van der Waals surface area contributed by atoms with E-state index >= 15 is 0 Å². The van der Waals surface area contributed by atoms with E-state index in [9.17, 15) is 0 Å². The Hall–Kier alpha value is -7.41. The molecule has 0 atom stereocenters. The van der Waals surface area contributed by atoms with E-state index in [2.05, 4.69) is 126 Å². The fourth-order valence-corrected chi connectivity index (χ4v) is 9.69. The lowest BCUT2D eigenvalue weighted by Crippen LogP contribution is -2.00. The maximum atomic E-state index is 6.63. The second-order valence-electron chi connectivity index (χ2n) is 14.4. The van der Waals surface area contributed by atoms with Crippen LogP contribution in [0.15, 0.2) is 186 Å². The first-order valence-electron chi connectivity index (χ1n) is 19.0. The highest BCUT2D eigenvalue weighted by Crippen LogP contribution is 2.43. The van der Waals surface area contributed by atoms with Crippen LogP contribution in [0.2, 0.25) is 0 Å². The highest BCUT2D eigenvalue weighted by molar-refractivity contribution is 7.26. The largest absolute Gasteiger partial charge is 0.456 e. The molecule has 0 aliphatic heterocycles. The second-order valence-corrected chi connectivity index (χ2v) is 15.4. The molecule has 0 aliphatic rings. The number of hydrogen-bond donors (Lipinski definition) is 0. The Morgan fingerprint density at radius 2 is 0.982 bits per heavy atom. The van der Waals surface area contributed by atoms with Crippen LogP contribution in [-0.2, 0) is 0 Å².